The Kier molecular flexibility index (Phi) is 6.02. The molecule has 0 saturated carbocycles. The third-order valence-corrected chi connectivity index (χ3v) is 4.65. The number of carbonyl (C=O) groups is 2. The largest absolute Gasteiger partial charge is 0.384 e. The highest BCUT2D eigenvalue weighted by Crippen LogP contribution is 2.21. The molecule has 0 aliphatic carbocycles. The van der Waals surface area contributed by atoms with Crippen molar-refractivity contribution in [3.05, 3.63) is 70.8 Å². The van der Waals surface area contributed by atoms with Crippen molar-refractivity contribution in [3.8, 4) is 0 Å². The van der Waals surface area contributed by atoms with Gasteiger partial charge in [0, 0.05) is 32.3 Å². The summed E-state index contributed by atoms with van der Waals surface area (Å²) in [6.45, 7) is 2.25. The molecular formula is C21H24N2O3. The highest BCUT2D eigenvalue weighted by atomic mass is 16.5. The number of benzene rings is 2. The number of fused-ring (bicyclic) bond motifs is 1. The number of amides is 2. The Hall–Kier alpha value is -2.66. The highest BCUT2D eigenvalue weighted by Gasteiger charge is 2.21. The molecule has 3 rings (SSSR count). The number of nitrogens with one attached hydrogen (secondary N) is 1. The minimum Gasteiger partial charge on any atom is -0.384 e. The van der Waals surface area contributed by atoms with Gasteiger partial charge in [0.1, 0.15) is 0 Å². The van der Waals surface area contributed by atoms with Gasteiger partial charge in [-0.2, -0.15) is 0 Å². The molecule has 1 aliphatic heterocycles. The summed E-state index contributed by atoms with van der Waals surface area (Å²) < 4.78 is 4.98. The van der Waals surface area contributed by atoms with Crippen LogP contribution >= 0.6 is 0 Å². The van der Waals surface area contributed by atoms with Crippen LogP contribution in [0.25, 0.3) is 0 Å². The number of hydrogen-bond donors (Lipinski definition) is 1. The van der Waals surface area contributed by atoms with Gasteiger partial charge in [0.15, 0.2) is 0 Å². The third kappa shape index (κ3) is 4.49. The number of carbonyl (C=O) groups excluding carboxylic acids is 2. The van der Waals surface area contributed by atoms with Crippen molar-refractivity contribution < 1.29 is 14.3 Å². The van der Waals surface area contributed by atoms with Crippen LogP contribution in [-0.4, -0.2) is 37.0 Å². The zero-order valence-electron chi connectivity index (χ0n) is 15.0. The van der Waals surface area contributed by atoms with Crippen molar-refractivity contribution in [2.24, 2.45) is 0 Å². The van der Waals surface area contributed by atoms with E-state index in [1.54, 1.807) is 7.11 Å². The summed E-state index contributed by atoms with van der Waals surface area (Å²) in [4.78, 5) is 26.4. The van der Waals surface area contributed by atoms with Crippen LogP contribution in [0.3, 0.4) is 0 Å². The van der Waals surface area contributed by atoms with Crippen LogP contribution in [0, 0.1) is 0 Å². The van der Waals surface area contributed by atoms with Crippen LogP contribution in [-0.2, 0) is 29.0 Å². The summed E-state index contributed by atoms with van der Waals surface area (Å²) >= 11 is 0. The molecule has 2 amide bonds. The van der Waals surface area contributed by atoms with Gasteiger partial charge >= 0.3 is 0 Å². The first-order chi connectivity index (χ1) is 12.7. The molecular weight excluding hydrogens is 328 g/mol. The molecule has 5 heteroatoms. The van der Waals surface area contributed by atoms with E-state index in [1.165, 1.54) is 0 Å². The molecule has 0 saturated heterocycles. The second-order valence-electron chi connectivity index (χ2n) is 6.46. The first-order valence-electron chi connectivity index (χ1n) is 8.88. The smallest absolute Gasteiger partial charge is 0.251 e. The van der Waals surface area contributed by atoms with E-state index >= 15 is 0 Å². The molecule has 5 nitrogen and oxygen atoms in total. The fourth-order valence-corrected chi connectivity index (χ4v) is 3.13. The van der Waals surface area contributed by atoms with Crippen LogP contribution in [0.1, 0.15) is 33.5 Å². The molecule has 2 aromatic rings. The summed E-state index contributed by atoms with van der Waals surface area (Å²) in [5.41, 5.74) is 4.00. The molecule has 0 radical (unpaired) electrons. The molecule has 0 aromatic heterocycles. The summed E-state index contributed by atoms with van der Waals surface area (Å²) in [5.74, 6) is 0.0393. The summed E-state index contributed by atoms with van der Waals surface area (Å²) in [5, 5.41) is 2.95. The zero-order chi connectivity index (χ0) is 18.4. The van der Waals surface area contributed by atoms with Crippen molar-refractivity contribution in [1.29, 1.82) is 0 Å². The Balaban J connectivity index is 1.61. The van der Waals surface area contributed by atoms with E-state index in [0.717, 1.165) is 23.1 Å². The van der Waals surface area contributed by atoms with Crippen LogP contribution in [0.2, 0.25) is 0 Å². The summed E-state index contributed by atoms with van der Waals surface area (Å²) in [7, 11) is 1.60. The maximum absolute atomic E-state index is 12.4. The van der Waals surface area contributed by atoms with Gasteiger partial charge in [0.05, 0.1) is 13.0 Å². The van der Waals surface area contributed by atoms with Gasteiger partial charge in [-0.25, -0.2) is 0 Å². The van der Waals surface area contributed by atoms with Crippen LogP contribution < -0.4 is 5.32 Å². The second kappa shape index (κ2) is 8.63. The van der Waals surface area contributed by atoms with Crippen LogP contribution in [0.4, 0.5) is 0 Å². The monoisotopic (exact) mass is 352 g/mol. The van der Waals surface area contributed by atoms with Crippen molar-refractivity contribution in [2.45, 2.75) is 25.9 Å². The number of ether oxygens (including phenoxy) is 1. The molecule has 0 unspecified atom stereocenters. The fourth-order valence-electron chi connectivity index (χ4n) is 3.13. The lowest BCUT2D eigenvalue weighted by molar-refractivity contribution is -0.133. The molecule has 1 aliphatic rings. The number of rotatable bonds is 6. The van der Waals surface area contributed by atoms with Crippen molar-refractivity contribution in [1.82, 2.24) is 10.2 Å². The first kappa shape index (κ1) is 18.1. The lowest BCUT2D eigenvalue weighted by Crippen LogP contribution is -2.36. The van der Waals surface area contributed by atoms with Crippen LogP contribution in [0.15, 0.2) is 48.5 Å². The van der Waals surface area contributed by atoms with E-state index in [-0.39, 0.29) is 11.8 Å². The minimum absolute atomic E-state index is 0.0738. The third-order valence-electron chi connectivity index (χ3n) is 4.65. The van der Waals surface area contributed by atoms with Crippen LogP contribution in [0.5, 0.6) is 0 Å². The fraction of sp³-hybridized carbons (Fsp3) is 0.333. The lowest BCUT2D eigenvalue weighted by atomic mass is 9.96. The number of nitrogens with zero attached hydrogens (tertiary/aromatic N) is 1. The molecule has 0 fully saturated rings. The summed E-state index contributed by atoms with van der Waals surface area (Å²) in [6, 6.07) is 15.6. The molecule has 1 heterocycles. The molecule has 2 aromatic carbocycles. The minimum atomic E-state index is -0.0738. The van der Waals surface area contributed by atoms with Gasteiger partial charge < -0.3 is 15.0 Å². The normalized spacial score (nSPS) is 13.2. The average Bonchev–Trinajstić information content (AvgIpc) is 2.70. The Morgan fingerprint density at radius 1 is 1.12 bits per heavy atom. The maximum atomic E-state index is 12.4. The number of methoxy groups -OCH3 is 1. The predicted molar refractivity (Wildman–Crippen MR) is 99.7 cm³/mol. The topological polar surface area (TPSA) is 58.6 Å². The molecule has 0 atom stereocenters. The van der Waals surface area contributed by atoms with E-state index in [0.29, 0.717) is 38.2 Å². The van der Waals surface area contributed by atoms with Gasteiger partial charge in [-0.3, -0.25) is 9.59 Å². The molecule has 0 spiro atoms. The zero-order valence-corrected chi connectivity index (χ0v) is 15.0. The first-order valence-corrected chi connectivity index (χ1v) is 8.88. The summed E-state index contributed by atoms with van der Waals surface area (Å²) in [6.07, 6.45) is 1.18. The van der Waals surface area contributed by atoms with Gasteiger partial charge in [-0.15, -0.1) is 0 Å². The maximum Gasteiger partial charge on any atom is 0.251 e. The Morgan fingerprint density at radius 3 is 2.69 bits per heavy atom. The highest BCUT2D eigenvalue weighted by molar-refractivity contribution is 5.94. The molecule has 26 heavy (non-hydrogen) atoms. The quantitative estimate of drug-likeness (QED) is 0.869. The van der Waals surface area contributed by atoms with E-state index < -0.39 is 0 Å². The average molecular weight is 352 g/mol. The molecule has 1 N–H and O–H groups in total. The van der Waals surface area contributed by atoms with Crippen molar-refractivity contribution in [3.63, 3.8) is 0 Å². The van der Waals surface area contributed by atoms with Gasteiger partial charge in [-0.1, -0.05) is 36.4 Å². The van der Waals surface area contributed by atoms with Gasteiger partial charge in [0.25, 0.3) is 5.91 Å². The second-order valence-corrected chi connectivity index (χ2v) is 6.46. The lowest BCUT2D eigenvalue weighted by Gasteiger charge is -2.29. The van der Waals surface area contributed by atoms with Crippen molar-refractivity contribution >= 4 is 11.8 Å². The standard InChI is InChI=1S/C21H24N2O3/c1-26-12-10-20(24)23-11-9-17-13-18(7-8-19(17)15-23)21(25)22-14-16-5-3-2-4-6-16/h2-8,13H,9-12,14-15H2,1H3,(H,22,25). The van der Waals surface area contributed by atoms with Gasteiger partial charge in [0.2, 0.25) is 5.91 Å². The van der Waals surface area contributed by atoms with Gasteiger partial charge in [-0.05, 0) is 35.2 Å². The molecule has 0 bridgehead atoms. The Morgan fingerprint density at radius 2 is 1.92 bits per heavy atom. The van der Waals surface area contributed by atoms with E-state index in [2.05, 4.69) is 5.32 Å². The van der Waals surface area contributed by atoms with E-state index in [4.69, 9.17) is 4.74 Å². The Labute approximate surface area is 154 Å². The number of hydrogen-bond acceptors (Lipinski definition) is 3. The Bertz CT molecular complexity index is 774. The SMILES string of the molecule is COCCC(=O)N1CCc2cc(C(=O)NCc3ccccc3)ccc2C1. The van der Waals surface area contributed by atoms with E-state index in [1.807, 2.05) is 53.4 Å². The predicted octanol–water partition coefficient (Wildman–Crippen LogP) is 2.54. The van der Waals surface area contributed by atoms with Crippen molar-refractivity contribution in [2.75, 3.05) is 20.3 Å². The van der Waals surface area contributed by atoms with E-state index in [9.17, 15) is 9.59 Å². The molecule has 136 valence electrons.